The second kappa shape index (κ2) is 8.97. The quantitative estimate of drug-likeness (QED) is 0.618. The van der Waals surface area contributed by atoms with Gasteiger partial charge in [-0.05, 0) is 56.4 Å². The van der Waals surface area contributed by atoms with Crippen molar-refractivity contribution in [2.45, 2.75) is 69.1 Å². The zero-order valence-corrected chi connectivity index (χ0v) is 18.6. The van der Waals surface area contributed by atoms with Crippen LogP contribution in [0.4, 0.5) is 0 Å². The molecule has 1 amide bonds. The second-order valence-corrected chi connectivity index (χ2v) is 10.1. The highest BCUT2D eigenvalue weighted by molar-refractivity contribution is 7.19. The van der Waals surface area contributed by atoms with E-state index in [1.54, 1.807) is 17.7 Å². The van der Waals surface area contributed by atoms with Gasteiger partial charge in [-0.25, -0.2) is 9.97 Å². The zero-order chi connectivity index (χ0) is 21.4. The molecule has 2 fully saturated rings. The van der Waals surface area contributed by atoms with Crippen LogP contribution in [0.2, 0.25) is 0 Å². The Hall–Kier alpha value is -1.81. The van der Waals surface area contributed by atoms with Crippen LogP contribution in [0.25, 0.3) is 10.2 Å². The molecule has 3 heterocycles. The van der Waals surface area contributed by atoms with E-state index < -0.39 is 12.0 Å². The van der Waals surface area contributed by atoms with E-state index in [4.69, 9.17) is 10.5 Å². The number of thiophene rings is 1. The van der Waals surface area contributed by atoms with Crippen LogP contribution in [-0.2, 0) is 11.2 Å². The number of nitrogens with two attached hydrogens (primary N) is 1. The minimum atomic E-state index is -1.12. The molecule has 31 heavy (non-hydrogen) atoms. The van der Waals surface area contributed by atoms with Crippen LogP contribution in [-0.4, -0.2) is 70.3 Å². The van der Waals surface area contributed by atoms with Crippen LogP contribution in [0.15, 0.2) is 6.33 Å². The number of hydrogen-bond donors (Lipinski definition) is 3. The number of hydrogen-bond acceptors (Lipinski definition) is 8. The first-order valence-electron chi connectivity index (χ1n) is 11.4. The lowest BCUT2D eigenvalue weighted by Gasteiger charge is -2.39. The highest BCUT2D eigenvalue weighted by Crippen LogP contribution is 2.47. The highest BCUT2D eigenvalue weighted by atomic mass is 32.1. The second-order valence-electron chi connectivity index (χ2n) is 9.02. The molecule has 1 saturated heterocycles. The van der Waals surface area contributed by atoms with E-state index in [2.05, 4.69) is 20.2 Å². The molecule has 9 heteroatoms. The van der Waals surface area contributed by atoms with Gasteiger partial charge in [0.1, 0.15) is 23.4 Å². The molecule has 1 unspecified atom stereocenters. The van der Waals surface area contributed by atoms with E-state index in [1.807, 2.05) is 0 Å². The Morgan fingerprint density at radius 2 is 2.03 bits per heavy atom. The van der Waals surface area contributed by atoms with Gasteiger partial charge >= 0.3 is 0 Å². The average Bonchev–Trinajstić information content (AvgIpc) is 3.35. The van der Waals surface area contributed by atoms with Gasteiger partial charge in [-0.3, -0.25) is 9.69 Å². The number of fused-ring (bicyclic) bond motifs is 3. The number of nitrogens with zero attached hydrogens (tertiary/aromatic N) is 3. The van der Waals surface area contributed by atoms with Crippen LogP contribution >= 0.6 is 11.3 Å². The number of nitrogens with one attached hydrogen (secondary N) is 1. The molecule has 5 rings (SSSR count). The zero-order valence-electron chi connectivity index (χ0n) is 17.8. The summed E-state index contributed by atoms with van der Waals surface area (Å²) in [7, 11) is 0. The Bertz CT molecular complexity index is 937. The lowest BCUT2D eigenvalue weighted by Crippen LogP contribution is -2.50. The molecule has 2 aliphatic carbocycles. The summed E-state index contributed by atoms with van der Waals surface area (Å²) in [5, 5.41) is 14.5. The number of piperazine rings is 1. The first-order valence-corrected chi connectivity index (χ1v) is 12.3. The standard InChI is InChI=1S/C22H31N5O3S/c23-20(29)16(28)11-13-1-6-17-18(13)19-21(25-12-26-22(19)31-17)30-15-4-2-14(3-5-15)27-9-7-24-8-10-27/h12-16,24,28H,1-11H2,(H2,23,29)/t13-,14-,15-,16?/m1/s1. The molecule has 1 aliphatic heterocycles. The molecule has 168 valence electrons. The van der Waals surface area contributed by atoms with E-state index in [1.165, 1.54) is 4.88 Å². The number of aliphatic hydroxyl groups is 1. The Balaban J connectivity index is 1.31. The van der Waals surface area contributed by atoms with Crippen molar-refractivity contribution in [3.63, 3.8) is 0 Å². The molecule has 3 aliphatic rings. The molecule has 4 N–H and O–H groups in total. The van der Waals surface area contributed by atoms with Gasteiger partial charge in [0, 0.05) is 37.1 Å². The first-order chi connectivity index (χ1) is 15.1. The third-order valence-electron chi connectivity index (χ3n) is 7.12. The number of amides is 1. The van der Waals surface area contributed by atoms with E-state index in [-0.39, 0.29) is 12.0 Å². The van der Waals surface area contributed by atoms with E-state index >= 15 is 0 Å². The van der Waals surface area contributed by atoms with E-state index in [0.29, 0.717) is 18.3 Å². The van der Waals surface area contributed by atoms with Crippen LogP contribution in [0.3, 0.4) is 0 Å². The molecule has 2 atom stereocenters. The maximum Gasteiger partial charge on any atom is 0.246 e. The third-order valence-corrected chi connectivity index (χ3v) is 8.29. The van der Waals surface area contributed by atoms with E-state index in [0.717, 1.165) is 80.5 Å². The number of primary amides is 1. The lowest BCUT2D eigenvalue weighted by atomic mass is 9.91. The number of carbonyl (C=O) groups is 1. The van der Waals surface area contributed by atoms with Crippen LogP contribution in [0, 0.1) is 0 Å². The molecular formula is C22H31N5O3S. The minimum absolute atomic E-state index is 0.0862. The summed E-state index contributed by atoms with van der Waals surface area (Å²) in [5.74, 6) is 0.0820. The molecule has 2 aromatic rings. The largest absolute Gasteiger partial charge is 0.474 e. The summed E-state index contributed by atoms with van der Waals surface area (Å²) < 4.78 is 6.46. The molecular weight excluding hydrogens is 414 g/mol. The third kappa shape index (κ3) is 4.28. The van der Waals surface area contributed by atoms with Gasteiger partial charge in [-0.15, -0.1) is 11.3 Å². The predicted molar refractivity (Wildman–Crippen MR) is 119 cm³/mol. The summed E-state index contributed by atoms with van der Waals surface area (Å²) in [6, 6.07) is 0.664. The van der Waals surface area contributed by atoms with Crippen LogP contribution in [0.1, 0.15) is 54.9 Å². The van der Waals surface area contributed by atoms with Gasteiger partial charge in [0.2, 0.25) is 11.8 Å². The van der Waals surface area contributed by atoms with Crippen molar-refractivity contribution in [1.29, 1.82) is 0 Å². The van der Waals surface area contributed by atoms with E-state index in [9.17, 15) is 9.90 Å². The molecule has 8 nitrogen and oxygen atoms in total. The van der Waals surface area contributed by atoms with Gasteiger partial charge < -0.3 is 20.9 Å². The highest BCUT2D eigenvalue weighted by Gasteiger charge is 2.34. The number of carbonyl (C=O) groups excluding carboxylic acids is 1. The molecule has 0 aromatic carbocycles. The SMILES string of the molecule is NC(=O)C(O)C[C@H]1CCc2sc3ncnc(O[C@H]4CC[C@H](N5CCNCC5)CC4)c3c21. The van der Waals surface area contributed by atoms with Crippen LogP contribution < -0.4 is 15.8 Å². The van der Waals surface area contributed by atoms with Gasteiger partial charge in [0.25, 0.3) is 0 Å². The smallest absolute Gasteiger partial charge is 0.246 e. The predicted octanol–water partition coefficient (Wildman–Crippen LogP) is 1.55. The van der Waals surface area contributed by atoms with Crippen LogP contribution in [0.5, 0.6) is 5.88 Å². The topological polar surface area (TPSA) is 114 Å². The van der Waals surface area contributed by atoms with Gasteiger partial charge in [-0.1, -0.05) is 0 Å². The maximum atomic E-state index is 11.4. The number of ether oxygens (including phenoxy) is 1. The van der Waals surface area contributed by atoms with Crippen molar-refractivity contribution in [3.05, 3.63) is 16.8 Å². The Morgan fingerprint density at radius 1 is 1.26 bits per heavy atom. The first kappa shape index (κ1) is 21.1. The Morgan fingerprint density at radius 3 is 2.77 bits per heavy atom. The summed E-state index contributed by atoms with van der Waals surface area (Å²) in [5.41, 5.74) is 6.46. The summed E-state index contributed by atoms with van der Waals surface area (Å²) in [4.78, 5) is 25.2. The summed E-state index contributed by atoms with van der Waals surface area (Å²) >= 11 is 1.68. The fourth-order valence-electron chi connectivity index (χ4n) is 5.48. The van der Waals surface area contributed by atoms with Crippen molar-refractivity contribution >= 4 is 27.5 Å². The fourth-order valence-corrected chi connectivity index (χ4v) is 6.72. The maximum absolute atomic E-state index is 11.4. The number of aryl methyl sites for hydroxylation is 1. The van der Waals surface area contributed by atoms with Gasteiger partial charge in [0.05, 0.1) is 5.39 Å². The summed E-state index contributed by atoms with van der Waals surface area (Å²) in [6.45, 7) is 4.46. The lowest BCUT2D eigenvalue weighted by molar-refractivity contribution is -0.126. The monoisotopic (exact) mass is 445 g/mol. The Kier molecular flexibility index (Phi) is 6.10. The average molecular weight is 446 g/mol. The molecule has 0 radical (unpaired) electrons. The number of rotatable bonds is 6. The van der Waals surface area contributed by atoms with Crippen molar-refractivity contribution in [2.75, 3.05) is 26.2 Å². The van der Waals surface area contributed by atoms with Gasteiger partial charge in [-0.2, -0.15) is 0 Å². The molecule has 0 spiro atoms. The van der Waals surface area contributed by atoms with Gasteiger partial charge in [0.15, 0.2) is 0 Å². The van der Waals surface area contributed by atoms with Crippen molar-refractivity contribution in [1.82, 2.24) is 20.2 Å². The summed E-state index contributed by atoms with van der Waals surface area (Å²) in [6.07, 6.45) is 7.22. The van der Waals surface area contributed by atoms with Crippen molar-refractivity contribution < 1.29 is 14.6 Å². The van der Waals surface area contributed by atoms with Crippen molar-refractivity contribution in [3.8, 4) is 5.88 Å². The normalized spacial score (nSPS) is 27.8. The Labute approximate surface area is 186 Å². The minimum Gasteiger partial charge on any atom is -0.474 e. The molecule has 1 saturated carbocycles. The fraction of sp³-hybridized carbons (Fsp3) is 0.682. The number of aromatic nitrogens is 2. The molecule has 0 bridgehead atoms. The van der Waals surface area contributed by atoms with Crippen molar-refractivity contribution in [2.24, 2.45) is 5.73 Å². The number of aliphatic hydroxyl groups excluding tert-OH is 1. The molecule has 2 aromatic heterocycles.